The van der Waals surface area contributed by atoms with E-state index in [1.165, 1.54) is 0 Å². The Kier molecular flexibility index (Phi) is 5.94. The van der Waals surface area contributed by atoms with Gasteiger partial charge in [0.25, 0.3) is 5.78 Å². The third-order valence-corrected chi connectivity index (χ3v) is 6.22. The van der Waals surface area contributed by atoms with Gasteiger partial charge in [-0.1, -0.05) is 47.0 Å². The van der Waals surface area contributed by atoms with Gasteiger partial charge >= 0.3 is 5.97 Å². The molecule has 0 amide bonds. The number of rotatable bonds is 5. The van der Waals surface area contributed by atoms with E-state index < -0.39 is 0 Å². The van der Waals surface area contributed by atoms with Gasteiger partial charge in [0, 0.05) is 19.5 Å². The first-order valence-electron chi connectivity index (χ1n) is 10.3. The fourth-order valence-corrected chi connectivity index (χ4v) is 4.47. The normalized spacial score (nSPS) is 11.2. The standard InChI is InChI=1S/C24H17ClIN5O2/c1-2-33-20(32)13-15-8-11-19-22(21(15)14-6-9-18(26)10-7-14)23(16-4-3-5-17(25)12-16)27-24-28-29-30-31(19)24/h3-12H,2,13H2,1H3. The minimum Gasteiger partial charge on any atom is -0.466 e. The maximum absolute atomic E-state index is 12.5. The highest BCUT2D eigenvalue weighted by atomic mass is 127. The van der Waals surface area contributed by atoms with Gasteiger partial charge in [0.1, 0.15) is 0 Å². The fraction of sp³-hybridized carbons (Fsp3) is 0.125. The number of benzene rings is 3. The van der Waals surface area contributed by atoms with Crippen molar-refractivity contribution in [3.05, 3.63) is 74.8 Å². The summed E-state index contributed by atoms with van der Waals surface area (Å²) in [6.45, 7) is 2.12. The molecule has 0 saturated heterocycles. The fourth-order valence-electron chi connectivity index (χ4n) is 3.92. The minimum atomic E-state index is -0.288. The lowest BCUT2D eigenvalue weighted by Crippen LogP contribution is -2.09. The topological polar surface area (TPSA) is 82.3 Å². The molecule has 0 spiro atoms. The Balaban J connectivity index is 1.90. The molecular weight excluding hydrogens is 553 g/mol. The highest BCUT2D eigenvalue weighted by Gasteiger charge is 2.21. The van der Waals surface area contributed by atoms with Gasteiger partial charge in [-0.15, -0.1) is 0 Å². The van der Waals surface area contributed by atoms with E-state index in [0.29, 0.717) is 23.1 Å². The van der Waals surface area contributed by atoms with Gasteiger partial charge in [-0.2, -0.15) is 4.52 Å². The van der Waals surface area contributed by atoms with Crippen molar-refractivity contribution in [2.75, 3.05) is 6.61 Å². The molecule has 0 bridgehead atoms. The molecule has 5 aromatic rings. The molecule has 2 aromatic heterocycles. The lowest BCUT2D eigenvalue weighted by Gasteiger charge is -2.17. The van der Waals surface area contributed by atoms with Crippen molar-refractivity contribution in [2.24, 2.45) is 0 Å². The second kappa shape index (κ2) is 9.03. The molecule has 7 nitrogen and oxygen atoms in total. The van der Waals surface area contributed by atoms with E-state index in [-0.39, 0.29) is 12.4 Å². The average molecular weight is 570 g/mol. The summed E-state index contributed by atoms with van der Waals surface area (Å²) in [6.07, 6.45) is 0.133. The SMILES string of the molecule is CCOC(=O)Cc1ccc2c(c(-c3cccc(Cl)c3)nc3nnnn32)c1-c1ccc(I)cc1. The zero-order valence-electron chi connectivity index (χ0n) is 17.5. The molecule has 0 radical (unpaired) electrons. The molecule has 0 aliphatic rings. The van der Waals surface area contributed by atoms with Crippen molar-refractivity contribution >= 4 is 56.8 Å². The van der Waals surface area contributed by atoms with Gasteiger partial charge < -0.3 is 4.74 Å². The number of carbonyl (C=O) groups excluding carboxylic acids is 1. The molecule has 0 unspecified atom stereocenters. The van der Waals surface area contributed by atoms with Crippen molar-refractivity contribution in [2.45, 2.75) is 13.3 Å². The molecule has 0 fully saturated rings. The number of tetrazole rings is 1. The summed E-state index contributed by atoms with van der Waals surface area (Å²) in [5.74, 6) is 0.0913. The van der Waals surface area contributed by atoms with E-state index in [4.69, 9.17) is 21.3 Å². The first-order valence-corrected chi connectivity index (χ1v) is 11.7. The molecule has 0 atom stereocenters. The van der Waals surface area contributed by atoms with Gasteiger partial charge in [-0.3, -0.25) is 4.79 Å². The van der Waals surface area contributed by atoms with Crippen LogP contribution in [-0.4, -0.2) is 37.6 Å². The molecule has 33 heavy (non-hydrogen) atoms. The van der Waals surface area contributed by atoms with Crippen LogP contribution in [0.5, 0.6) is 0 Å². The predicted molar refractivity (Wildman–Crippen MR) is 135 cm³/mol. The van der Waals surface area contributed by atoms with E-state index in [1.807, 2.05) is 60.7 Å². The molecular formula is C24H17ClIN5O2. The number of nitrogens with zero attached hydrogens (tertiary/aromatic N) is 5. The zero-order valence-corrected chi connectivity index (χ0v) is 20.4. The van der Waals surface area contributed by atoms with Crippen molar-refractivity contribution in [3.8, 4) is 22.4 Å². The molecule has 0 aliphatic heterocycles. The van der Waals surface area contributed by atoms with Crippen LogP contribution in [-0.2, 0) is 16.0 Å². The first kappa shape index (κ1) is 21.7. The summed E-state index contributed by atoms with van der Waals surface area (Å²) in [5, 5.41) is 13.5. The number of carbonyl (C=O) groups is 1. The van der Waals surface area contributed by atoms with E-state index in [1.54, 1.807) is 11.4 Å². The van der Waals surface area contributed by atoms with Crippen LogP contribution in [0.2, 0.25) is 5.02 Å². The molecule has 3 aromatic carbocycles. The summed E-state index contributed by atoms with van der Waals surface area (Å²) < 4.78 is 7.96. The molecule has 9 heteroatoms. The van der Waals surface area contributed by atoms with Crippen LogP contribution in [0.3, 0.4) is 0 Å². The minimum absolute atomic E-state index is 0.133. The molecule has 0 aliphatic carbocycles. The average Bonchev–Trinajstić information content (AvgIpc) is 3.28. The number of aromatic nitrogens is 5. The Bertz CT molecular complexity index is 1500. The zero-order chi connectivity index (χ0) is 22.9. The Morgan fingerprint density at radius 2 is 1.91 bits per heavy atom. The predicted octanol–water partition coefficient (Wildman–Crippen LogP) is 5.37. The van der Waals surface area contributed by atoms with E-state index in [9.17, 15) is 4.79 Å². The van der Waals surface area contributed by atoms with Crippen LogP contribution in [0.1, 0.15) is 12.5 Å². The summed E-state index contributed by atoms with van der Waals surface area (Å²) in [4.78, 5) is 17.2. The number of esters is 1. The number of halogens is 2. The largest absolute Gasteiger partial charge is 0.466 e. The second-order valence-corrected chi connectivity index (χ2v) is 9.03. The third-order valence-electron chi connectivity index (χ3n) is 5.27. The van der Waals surface area contributed by atoms with Crippen LogP contribution >= 0.6 is 34.2 Å². The Labute approximate surface area is 207 Å². The summed E-state index contributed by atoms with van der Waals surface area (Å²) in [6, 6.07) is 19.5. The Morgan fingerprint density at radius 3 is 2.67 bits per heavy atom. The van der Waals surface area contributed by atoms with E-state index >= 15 is 0 Å². The van der Waals surface area contributed by atoms with Gasteiger partial charge in [0.2, 0.25) is 0 Å². The molecule has 5 rings (SSSR count). The third kappa shape index (κ3) is 4.16. The maximum Gasteiger partial charge on any atom is 0.310 e. The molecule has 0 saturated carbocycles. The van der Waals surface area contributed by atoms with Crippen LogP contribution in [0.25, 0.3) is 39.1 Å². The van der Waals surface area contributed by atoms with Crippen LogP contribution < -0.4 is 0 Å². The smallest absolute Gasteiger partial charge is 0.310 e. The van der Waals surface area contributed by atoms with Crippen molar-refractivity contribution in [1.82, 2.24) is 25.0 Å². The second-order valence-electron chi connectivity index (χ2n) is 7.34. The van der Waals surface area contributed by atoms with E-state index in [2.05, 4.69) is 38.1 Å². The summed E-state index contributed by atoms with van der Waals surface area (Å²) in [7, 11) is 0. The van der Waals surface area contributed by atoms with Gasteiger partial charge in [0.15, 0.2) is 0 Å². The summed E-state index contributed by atoms with van der Waals surface area (Å²) in [5.41, 5.74) is 4.97. The number of fused-ring (bicyclic) bond motifs is 3. The lowest BCUT2D eigenvalue weighted by molar-refractivity contribution is -0.142. The van der Waals surface area contributed by atoms with Gasteiger partial charge in [-0.25, -0.2) is 4.98 Å². The van der Waals surface area contributed by atoms with Gasteiger partial charge in [-0.05, 0) is 87.0 Å². The van der Waals surface area contributed by atoms with Crippen molar-refractivity contribution in [3.63, 3.8) is 0 Å². The highest BCUT2D eigenvalue weighted by molar-refractivity contribution is 14.1. The first-order chi connectivity index (χ1) is 16.0. The summed E-state index contributed by atoms with van der Waals surface area (Å²) >= 11 is 8.59. The number of hydrogen-bond acceptors (Lipinski definition) is 6. The quantitative estimate of drug-likeness (QED) is 0.209. The van der Waals surface area contributed by atoms with Crippen LogP contribution in [0.15, 0.2) is 60.7 Å². The van der Waals surface area contributed by atoms with Crippen LogP contribution in [0, 0.1) is 3.57 Å². The monoisotopic (exact) mass is 569 g/mol. The Hall–Kier alpha value is -3.11. The van der Waals surface area contributed by atoms with Crippen LogP contribution in [0.4, 0.5) is 0 Å². The van der Waals surface area contributed by atoms with Gasteiger partial charge in [0.05, 0.1) is 24.2 Å². The van der Waals surface area contributed by atoms with Crippen molar-refractivity contribution in [1.29, 1.82) is 0 Å². The molecule has 164 valence electrons. The lowest BCUT2D eigenvalue weighted by atomic mass is 9.91. The van der Waals surface area contributed by atoms with Crippen molar-refractivity contribution < 1.29 is 9.53 Å². The maximum atomic E-state index is 12.5. The van der Waals surface area contributed by atoms with E-state index in [0.717, 1.165) is 36.7 Å². The highest BCUT2D eigenvalue weighted by Crippen LogP contribution is 2.39. The number of hydrogen-bond donors (Lipinski definition) is 0. The number of ether oxygens (including phenoxy) is 1. The molecule has 0 N–H and O–H groups in total. The molecule has 2 heterocycles. The Morgan fingerprint density at radius 1 is 1.09 bits per heavy atom.